The highest BCUT2D eigenvalue weighted by atomic mass is 32.1. The SMILES string of the molecule is CCOC(=O)C(C(=O)OCC)c1ccccc1S. The molecule has 1 aromatic carbocycles. The molecule has 4 nitrogen and oxygen atoms in total. The van der Waals surface area contributed by atoms with E-state index in [0.29, 0.717) is 10.5 Å². The predicted molar refractivity (Wildman–Crippen MR) is 69.7 cm³/mol. The average Bonchev–Trinajstić information content (AvgIpc) is 2.33. The summed E-state index contributed by atoms with van der Waals surface area (Å²) in [5, 5.41) is 0. The smallest absolute Gasteiger partial charge is 0.324 e. The molecule has 0 atom stereocenters. The molecule has 98 valence electrons. The molecule has 0 aliphatic heterocycles. The van der Waals surface area contributed by atoms with Gasteiger partial charge in [-0.05, 0) is 25.5 Å². The van der Waals surface area contributed by atoms with Gasteiger partial charge >= 0.3 is 11.9 Å². The van der Waals surface area contributed by atoms with Crippen LogP contribution in [0.5, 0.6) is 0 Å². The summed E-state index contributed by atoms with van der Waals surface area (Å²) in [6.45, 7) is 3.80. The summed E-state index contributed by atoms with van der Waals surface area (Å²) in [5.41, 5.74) is 0.498. The molecule has 0 bridgehead atoms. The molecule has 0 heterocycles. The fourth-order valence-corrected chi connectivity index (χ4v) is 1.82. The Morgan fingerprint density at radius 3 is 2.06 bits per heavy atom. The predicted octanol–water partition coefficient (Wildman–Crippen LogP) is 2.19. The maximum absolute atomic E-state index is 11.9. The zero-order valence-corrected chi connectivity index (χ0v) is 11.3. The largest absolute Gasteiger partial charge is 0.465 e. The van der Waals surface area contributed by atoms with Gasteiger partial charge in [0, 0.05) is 4.90 Å². The van der Waals surface area contributed by atoms with Crippen molar-refractivity contribution < 1.29 is 19.1 Å². The molecular formula is C13H16O4S. The number of carbonyl (C=O) groups is 2. The molecule has 0 radical (unpaired) electrons. The molecule has 0 aromatic heterocycles. The maximum Gasteiger partial charge on any atom is 0.324 e. The number of benzene rings is 1. The minimum absolute atomic E-state index is 0.212. The van der Waals surface area contributed by atoms with Crippen LogP contribution < -0.4 is 0 Å². The quantitative estimate of drug-likeness (QED) is 0.505. The van der Waals surface area contributed by atoms with Gasteiger partial charge < -0.3 is 9.47 Å². The number of hydrogen-bond acceptors (Lipinski definition) is 5. The number of hydrogen-bond donors (Lipinski definition) is 1. The Kier molecular flexibility index (Phi) is 5.71. The van der Waals surface area contributed by atoms with Crippen LogP contribution in [-0.2, 0) is 19.1 Å². The standard InChI is InChI=1S/C13H16O4S/c1-3-16-12(14)11(13(15)17-4-2)9-7-5-6-8-10(9)18/h5-8,11,18H,3-4H2,1-2H3. The fraction of sp³-hybridized carbons (Fsp3) is 0.385. The van der Waals surface area contributed by atoms with Gasteiger partial charge in [-0.15, -0.1) is 12.6 Å². The highest BCUT2D eigenvalue weighted by molar-refractivity contribution is 7.80. The lowest BCUT2D eigenvalue weighted by Crippen LogP contribution is -2.26. The normalized spacial score (nSPS) is 10.2. The minimum Gasteiger partial charge on any atom is -0.465 e. The summed E-state index contributed by atoms with van der Waals surface area (Å²) >= 11 is 4.25. The number of rotatable bonds is 5. The first kappa shape index (κ1) is 14.6. The van der Waals surface area contributed by atoms with Crippen molar-refractivity contribution in [3.05, 3.63) is 29.8 Å². The van der Waals surface area contributed by atoms with Crippen molar-refractivity contribution in [2.75, 3.05) is 13.2 Å². The number of carbonyl (C=O) groups excluding carboxylic acids is 2. The van der Waals surface area contributed by atoms with Gasteiger partial charge in [0.05, 0.1) is 13.2 Å². The van der Waals surface area contributed by atoms with Crippen LogP contribution in [0.1, 0.15) is 25.3 Å². The summed E-state index contributed by atoms with van der Waals surface area (Å²) in [7, 11) is 0. The van der Waals surface area contributed by atoms with Crippen LogP contribution in [0, 0.1) is 0 Å². The van der Waals surface area contributed by atoms with Crippen molar-refractivity contribution >= 4 is 24.6 Å². The summed E-state index contributed by atoms with van der Waals surface area (Å²) < 4.78 is 9.81. The lowest BCUT2D eigenvalue weighted by molar-refractivity contribution is -0.157. The van der Waals surface area contributed by atoms with Crippen LogP contribution in [0.15, 0.2) is 29.2 Å². The van der Waals surface area contributed by atoms with Crippen molar-refractivity contribution in [3.8, 4) is 0 Å². The minimum atomic E-state index is -1.07. The molecule has 18 heavy (non-hydrogen) atoms. The van der Waals surface area contributed by atoms with Crippen LogP contribution in [0.25, 0.3) is 0 Å². The molecule has 1 rings (SSSR count). The molecule has 0 saturated heterocycles. The van der Waals surface area contributed by atoms with E-state index in [-0.39, 0.29) is 13.2 Å². The Labute approximate surface area is 112 Å². The van der Waals surface area contributed by atoms with Crippen LogP contribution in [0.4, 0.5) is 0 Å². The third-order valence-electron chi connectivity index (χ3n) is 2.29. The molecule has 1 aromatic rings. The number of ether oxygens (including phenoxy) is 2. The Morgan fingerprint density at radius 1 is 1.11 bits per heavy atom. The van der Waals surface area contributed by atoms with E-state index in [9.17, 15) is 9.59 Å². The van der Waals surface area contributed by atoms with Gasteiger partial charge in [0.2, 0.25) is 0 Å². The number of esters is 2. The summed E-state index contributed by atoms with van der Waals surface area (Å²) in [6, 6.07) is 6.89. The highest BCUT2D eigenvalue weighted by Gasteiger charge is 2.32. The van der Waals surface area contributed by atoms with Gasteiger partial charge in [0.15, 0.2) is 5.92 Å². The Hall–Kier alpha value is -1.49. The first-order valence-electron chi connectivity index (χ1n) is 5.73. The van der Waals surface area contributed by atoms with E-state index in [2.05, 4.69) is 12.6 Å². The molecular weight excluding hydrogens is 252 g/mol. The Bertz CT molecular complexity index is 413. The van der Waals surface area contributed by atoms with Crippen molar-refractivity contribution in [1.29, 1.82) is 0 Å². The lowest BCUT2D eigenvalue weighted by Gasteiger charge is -2.16. The van der Waals surface area contributed by atoms with Gasteiger partial charge in [-0.3, -0.25) is 9.59 Å². The van der Waals surface area contributed by atoms with E-state index in [1.54, 1.807) is 38.1 Å². The summed E-state index contributed by atoms with van der Waals surface area (Å²) in [5.74, 6) is -2.30. The van der Waals surface area contributed by atoms with Crippen LogP contribution in [0.3, 0.4) is 0 Å². The van der Waals surface area contributed by atoms with Gasteiger partial charge in [0.1, 0.15) is 0 Å². The van der Waals surface area contributed by atoms with E-state index >= 15 is 0 Å². The lowest BCUT2D eigenvalue weighted by atomic mass is 9.99. The van der Waals surface area contributed by atoms with E-state index < -0.39 is 17.9 Å². The van der Waals surface area contributed by atoms with Crippen LogP contribution in [0.2, 0.25) is 0 Å². The first-order valence-corrected chi connectivity index (χ1v) is 6.17. The second-order valence-electron chi connectivity index (χ2n) is 3.50. The molecule has 0 amide bonds. The highest BCUT2D eigenvalue weighted by Crippen LogP contribution is 2.25. The fourth-order valence-electron chi connectivity index (χ4n) is 1.53. The summed E-state index contributed by atoms with van der Waals surface area (Å²) in [6.07, 6.45) is 0. The maximum atomic E-state index is 11.9. The van der Waals surface area contributed by atoms with E-state index in [1.165, 1.54) is 0 Å². The molecule has 0 unspecified atom stereocenters. The van der Waals surface area contributed by atoms with E-state index in [0.717, 1.165) is 0 Å². The topological polar surface area (TPSA) is 52.6 Å². The Balaban J connectivity index is 3.08. The van der Waals surface area contributed by atoms with Crippen LogP contribution in [-0.4, -0.2) is 25.2 Å². The third kappa shape index (κ3) is 3.50. The van der Waals surface area contributed by atoms with Gasteiger partial charge in [-0.25, -0.2) is 0 Å². The molecule has 0 N–H and O–H groups in total. The van der Waals surface area contributed by atoms with Crippen molar-refractivity contribution in [2.24, 2.45) is 0 Å². The monoisotopic (exact) mass is 268 g/mol. The zero-order chi connectivity index (χ0) is 13.5. The molecule has 0 aliphatic carbocycles. The van der Waals surface area contributed by atoms with Gasteiger partial charge in [-0.2, -0.15) is 0 Å². The first-order chi connectivity index (χ1) is 8.61. The van der Waals surface area contributed by atoms with Gasteiger partial charge in [-0.1, -0.05) is 18.2 Å². The zero-order valence-electron chi connectivity index (χ0n) is 10.4. The summed E-state index contributed by atoms with van der Waals surface area (Å²) in [4.78, 5) is 24.3. The Morgan fingerprint density at radius 2 is 1.61 bits per heavy atom. The molecule has 0 fully saturated rings. The number of thiol groups is 1. The molecule has 0 aliphatic rings. The molecule has 0 spiro atoms. The van der Waals surface area contributed by atoms with Crippen molar-refractivity contribution in [1.82, 2.24) is 0 Å². The second kappa shape index (κ2) is 7.06. The molecule has 0 saturated carbocycles. The second-order valence-corrected chi connectivity index (χ2v) is 3.98. The third-order valence-corrected chi connectivity index (χ3v) is 2.70. The molecule has 5 heteroatoms. The van der Waals surface area contributed by atoms with Crippen molar-refractivity contribution in [2.45, 2.75) is 24.7 Å². The van der Waals surface area contributed by atoms with E-state index in [4.69, 9.17) is 9.47 Å². The van der Waals surface area contributed by atoms with E-state index in [1.807, 2.05) is 0 Å². The van der Waals surface area contributed by atoms with Gasteiger partial charge in [0.25, 0.3) is 0 Å². The van der Waals surface area contributed by atoms with Crippen LogP contribution >= 0.6 is 12.6 Å². The average molecular weight is 268 g/mol. The van der Waals surface area contributed by atoms with Crippen molar-refractivity contribution in [3.63, 3.8) is 0 Å².